The van der Waals surface area contributed by atoms with Crippen molar-refractivity contribution in [2.75, 3.05) is 0 Å². The molecule has 1 aliphatic rings. The molecule has 2 aromatic carbocycles. The van der Waals surface area contributed by atoms with Crippen LogP contribution in [0.4, 0.5) is 4.39 Å². The molecular weight excluding hydrogens is 395 g/mol. The molecule has 0 bridgehead atoms. The van der Waals surface area contributed by atoms with Crippen molar-refractivity contribution >= 4 is 17.8 Å². The molecular formula is C24H31FN4O2. The lowest BCUT2D eigenvalue weighted by Gasteiger charge is -2.29. The van der Waals surface area contributed by atoms with Crippen LogP contribution in [0.25, 0.3) is 0 Å². The normalized spacial score (nSPS) is 15.6. The van der Waals surface area contributed by atoms with Crippen molar-refractivity contribution in [3.8, 4) is 0 Å². The van der Waals surface area contributed by atoms with E-state index in [0.29, 0.717) is 12.1 Å². The molecule has 1 atom stereocenters. The largest absolute Gasteiger partial charge is 0.369 e. The Labute approximate surface area is 183 Å². The summed E-state index contributed by atoms with van der Waals surface area (Å²) in [7, 11) is 0. The maximum absolute atomic E-state index is 14.1. The van der Waals surface area contributed by atoms with Gasteiger partial charge in [0.25, 0.3) is 5.91 Å². The second kappa shape index (κ2) is 11.8. The number of rotatable bonds is 7. The first-order valence-corrected chi connectivity index (χ1v) is 10.7. The molecule has 3 N–H and O–H groups in total. The van der Waals surface area contributed by atoms with Crippen molar-refractivity contribution in [2.24, 2.45) is 10.7 Å². The molecule has 6 nitrogen and oxygen atoms in total. The minimum absolute atomic E-state index is 0.0732. The van der Waals surface area contributed by atoms with E-state index in [0.717, 1.165) is 18.4 Å². The Kier molecular flexibility index (Phi) is 9.18. The minimum Gasteiger partial charge on any atom is -0.369 e. The molecule has 1 heterocycles. The van der Waals surface area contributed by atoms with E-state index in [4.69, 9.17) is 5.73 Å². The van der Waals surface area contributed by atoms with Gasteiger partial charge in [0.1, 0.15) is 5.82 Å². The summed E-state index contributed by atoms with van der Waals surface area (Å²) in [6, 6.07) is 13.4. The molecule has 1 unspecified atom stereocenters. The smallest absolute Gasteiger partial charge is 0.251 e. The number of hydrogen-bond donors (Lipinski definition) is 2. The van der Waals surface area contributed by atoms with Gasteiger partial charge < -0.3 is 11.1 Å². The molecule has 0 spiro atoms. The Morgan fingerprint density at radius 2 is 1.90 bits per heavy atom. The molecule has 1 aliphatic heterocycles. The number of nitrogens with zero attached hydrogens (tertiary/aromatic N) is 2. The van der Waals surface area contributed by atoms with Crippen LogP contribution < -0.4 is 11.1 Å². The fraction of sp³-hybridized carbons (Fsp3) is 0.375. The fourth-order valence-electron chi connectivity index (χ4n) is 3.35. The van der Waals surface area contributed by atoms with Gasteiger partial charge >= 0.3 is 0 Å². The molecule has 0 aliphatic carbocycles. The molecule has 0 aromatic heterocycles. The zero-order valence-corrected chi connectivity index (χ0v) is 18.4. The minimum atomic E-state index is -0.545. The Balaban J connectivity index is 0.00000166. The lowest BCUT2D eigenvalue weighted by molar-refractivity contribution is -0.128. The second-order valence-corrected chi connectivity index (χ2v) is 7.13. The number of nitrogens with two attached hydrogens (primary N) is 1. The number of amides is 2. The van der Waals surface area contributed by atoms with Crippen molar-refractivity contribution in [1.29, 1.82) is 0 Å². The van der Waals surface area contributed by atoms with Crippen LogP contribution in [0.3, 0.4) is 0 Å². The number of guanidine groups is 1. The van der Waals surface area contributed by atoms with E-state index in [1.807, 2.05) is 51.1 Å². The van der Waals surface area contributed by atoms with Crippen LogP contribution in [-0.2, 0) is 17.9 Å². The number of carbonyl (C=O) groups is 2. The van der Waals surface area contributed by atoms with Crippen molar-refractivity contribution in [3.63, 3.8) is 0 Å². The third kappa shape index (κ3) is 6.91. The van der Waals surface area contributed by atoms with Crippen LogP contribution in [-0.4, -0.2) is 28.7 Å². The maximum Gasteiger partial charge on any atom is 0.251 e. The highest BCUT2D eigenvalue weighted by Gasteiger charge is 2.27. The maximum atomic E-state index is 14.1. The van der Waals surface area contributed by atoms with E-state index in [-0.39, 0.29) is 42.3 Å². The first-order chi connectivity index (χ1) is 15.0. The number of nitrogens with one attached hydrogen (secondary N) is 1. The Hall–Kier alpha value is -3.22. The van der Waals surface area contributed by atoms with Gasteiger partial charge in [-0.25, -0.2) is 9.38 Å². The first kappa shape index (κ1) is 24.1. The molecule has 7 heteroatoms. The molecule has 0 radical (unpaired) electrons. The Bertz CT molecular complexity index is 915. The zero-order chi connectivity index (χ0) is 22.8. The number of benzene rings is 2. The molecule has 2 aromatic rings. The summed E-state index contributed by atoms with van der Waals surface area (Å²) in [5, 5.41) is 2.78. The third-order valence-corrected chi connectivity index (χ3v) is 4.78. The van der Waals surface area contributed by atoms with E-state index in [1.165, 1.54) is 17.0 Å². The van der Waals surface area contributed by atoms with Gasteiger partial charge in [-0.2, -0.15) is 0 Å². The Morgan fingerprint density at radius 3 is 2.55 bits per heavy atom. The highest BCUT2D eigenvalue weighted by molar-refractivity contribution is 5.98. The van der Waals surface area contributed by atoms with Crippen molar-refractivity contribution in [2.45, 2.75) is 59.2 Å². The van der Waals surface area contributed by atoms with Gasteiger partial charge in [0.15, 0.2) is 5.96 Å². The van der Waals surface area contributed by atoms with Crippen LogP contribution >= 0.6 is 0 Å². The molecule has 0 saturated carbocycles. The quantitative estimate of drug-likeness (QED) is 0.702. The summed E-state index contributed by atoms with van der Waals surface area (Å²) >= 11 is 0. The van der Waals surface area contributed by atoms with Gasteiger partial charge in [0.2, 0.25) is 5.91 Å². The van der Waals surface area contributed by atoms with E-state index in [9.17, 15) is 14.0 Å². The monoisotopic (exact) mass is 426 g/mol. The van der Waals surface area contributed by atoms with Crippen LogP contribution in [0.2, 0.25) is 0 Å². The predicted octanol–water partition coefficient (Wildman–Crippen LogP) is 4.00. The number of aliphatic imine (C=N–C) groups is 1. The van der Waals surface area contributed by atoms with E-state index < -0.39 is 5.82 Å². The highest BCUT2D eigenvalue weighted by atomic mass is 19.1. The van der Waals surface area contributed by atoms with Gasteiger partial charge in [-0.15, -0.1) is 0 Å². The predicted molar refractivity (Wildman–Crippen MR) is 121 cm³/mol. The summed E-state index contributed by atoms with van der Waals surface area (Å²) in [6.45, 7) is 6.44. The number of carbonyl (C=O) groups excluding carboxylic acids is 2. The van der Waals surface area contributed by atoms with Crippen molar-refractivity contribution in [1.82, 2.24) is 10.2 Å². The highest BCUT2D eigenvalue weighted by Crippen LogP contribution is 2.18. The lowest BCUT2D eigenvalue weighted by atomic mass is 10.1. The van der Waals surface area contributed by atoms with Crippen LogP contribution in [0.5, 0.6) is 0 Å². The summed E-state index contributed by atoms with van der Waals surface area (Å²) in [6.07, 6.45) is 2.00. The van der Waals surface area contributed by atoms with E-state index in [2.05, 4.69) is 10.3 Å². The molecule has 2 amide bonds. The second-order valence-electron chi connectivity index (χ2n) is 7.13. The van der Waals surface area contributed by atoms with Gasteiger partial charge in [-0.05, 0) is 35.7 Å². The number of hydrogen-bond acceptors (Lipinski definition) is 4. The number of halogens is 1. The van der Waals surface area contributed by atoms with Gasteiger partial charge in [0, 0.05) is 18.5 Å². The molecule has 3 rings (SSSR count). The standard InChI is InChI=1S/C22H25FN4O2.C2H6/c1-2-6-19-12-20(28)27(22(24)26-19)14-16-9-17(11-18(23)10-16)21(29)25-13-15-7-4-3-5-8-15;1-2/h3-5,7-11,19H,2,6,12-14H2,1H3,(H2,24,26)(H,25,29);1-2H3. The Morgan fingerprint density at radius 1 is 1.19 bits per heavy atom. The first-order valence-electron chi connectivity index (χ1n) is 10.7. The topological polar surface area (TPSA) is 87.8 Å². The van der Waals surface area contributed by atoms with Crippen molar-refractivity contribution in [3.05, 3.63) is 71.0 Å². The van der Waals surface area contributed by atoms with Crippen LogP contribution in [0.1, 0.15) is 61.5 Å². The molecule has 0 saturated heterocycles. The van der Waals surface area contributed by atoms with E-state index in [1.54, 1.807) is 6.07 Å². The molecule has 31 heavy (non-hydrogen) atoms. The van der Waals surface area contributed by atoms with Gasteiger partial charge in [-0.1, -0.05) is 57.5 Å². The molecule has 166 valence electrons. The lowest BCUT2D eigenvalue weighted by Crippen LogP contribution is -2.46. The average molecular weight is 427 g/mol. The summed E-state index contributed by atoms with van der Waals surface area (Å²) in [5.41, 5.74) is 7.59. The summed E-state index contributed by atoms with van der Waals surface area (Å²) < 4.78 is 14.1. The summed E-state index contributed by atoms with van der Waals surface area (Å²) in [4.78, 5) is 30.6. The molecule has 0 fully saturated rings. The average Bonchev–Trinajstić information content (AvgIpc) is 2.76. The zero-order valence-electron chi connectivity index (χ0n) is 18.4. The SMILES string of the molecule is CC.CCCC1CC(=O)N(Cc2cc(F)cc(C(=O)NCc3ccccc3)c2)C(N)=N1. The van der Waals surface area contributed by atoms with Crippen molar-refractivity contribution < 1.29 is 14.0 Å². The summed E-state index contributed by atoms with van der Waals surface area (Å²) in [5.74, 6) is -0.935. The van der Waals surface area contributed by atoms with Gasteiger partial charge in [0.05, 0.1) is 12.6 Å². The third-order valence-electron chi connectivity index (χ3n) is 4.78. The van der Waals surface area contributed by atoms with Crippen LogP contribution in [0, 0.1) is 5.82 Å². The van der Waals surface area contributed by atoms with E-state index >= 15 is 0 Å². The van der Waals surface area contributed by atoms with Crippen LogP contribution in [0.15, 0.2) is 53.5 Å². The fourth-order valence-corrected chi connectivity index (χ4v) is 3.35. The van der Waals surface area contributed by atoms with Gasteiger partial charge in [-0.3, -0.25) is 14.5 Å².